The van der Waals surface area contributed by atoms with Crippen LogP contribution in [0.25, 0.3) is 0 Å². The Bertz CT molecular complexity index is 432. The molecule has 0 bridgehead atoms. The van der Waals surface area contributed by atoms with Crippen LogP contribution in [0, 0.1) is 0 Å². The summed E-state index contributed by atoms with van der Waals surface area (Å²) in [6.07, 6.45) is -3.08. The summed E-state index contributed by atoms with van der Waals surface area (Å²) in [5, 5.41) is 2.39. The number of hydrogen-bond donors (Lipinski definition) is 3. The molecule has 0 aliphatic heterocycles. The number of hydrazine groups is 1. The lowest BCUT2D eigenvalue weighted by molar-refractivity contribution is -0.151. The third-order valence-corrected chi connectivity index (χ3v) is 3.33. The Labute approximate surface area is 103 Å². The summed E-state index contributed by atoms with van der Waals surface area (Å²) in [6.45, 7) is 0. The summed E-state index contributed by atoms with van der Waals surface area (Å²) >= 11 is 3.09. The van der Waals surface area contributed by atoms with Gasteiger partial charge in [-0.25, -0.2) is 15.8 Å². The van der Waals surface area contributed by atoms with Gasteiger partial charge in [0.05, 0.1) is 0 Å². The SMILES string of the molecule is NNc1ncnc(NC2(C(F)(F)F)CC2)c1Br. The van der Waals surface area contributed by atoms with E-state index in [1.54, 1.807) is 0 Å². The van der Waals surface area contributed by atoms with Gasteiger partial charge in [-0.15, -0.1) is 0 Å². The molecule has 0 amide bonds. The van der Waals surface area contributed by atoms with Crippen LogP contribution >= 0.6 is 15.9 Å². The fourth-order valence-electron chi connectivity index (χ4n) is 1.39. The van der Waals surface area contributed by atoms with E-state index < -0.39 is 11.7 Å². The summed E-state index contributed by atoms with van der Waals surface area (Å²) in [5.74, 6) is 5.46. The molecule has 0 unspecified atom stereocenters. The number of anilines is 2. The first kappa shape index (κ1) is 12.4. The van der Waals surface area contributed by atoms with Crippen LogP contribution in [-0.2, 0) is 0 Å². The monoisotopic (exact) mass is 311 g/mol. The topological polar surface area (TPSA) is 75.9 Å². The van der Waals surface area contributed by atoms with Crippen LogP contribution in [-0.4, -0.2) is 21.7 Å². The number of nitrogens with two attached hydrogens (primary N) is 1. The first-order valence-corrected chi connectivity index (χ1v) is 5.51. The van der Waals surface area contributed by atoms with Gasteiger partial charge in [-0.1, -0.05) is 0 Å². The Kier molecular flexibility index (Phi) is 2.90. The lowest BCUT2D eigenvalue weighted by Gasteiger charge is -2.22. The van der Waals surface area contributed by atoms with E-state index in [2.05, 4.69) is 36.6 Å². The van der Waals surface area contributed by atoms with Crippen molar-refractivity contribution >= 4 is 27.6 Å². The van der Waals surface area contributed by atoms with Crippen molar-refractivity contribution in [1.29, 1.82) is 0 Å². The molecule has 1 aliphatic rings. The highest BCUT2D eigenvalue weighted by Crippen LogP contribution is 2.51. The van der Waals surface area contributed by atoms with Crippen molar-refractivity contribution in [1.82, 2.24) is 9.97 Å². The van der Waals surface area contributed by atoms with Crippen LogP contribution in [0.4, 0.5) is 24.8 Å². The predicted molar refractivity (Wildman–Crippen MR) is 59.2 cm³/mol. The maximum Gasteiger partial charge on any atom is 0.411 e. The van der Waals surface area contributed by atoms with E-state index in [1.807, 2.05) is 0 Å². The molecule has 0 spiro atoms. The number of nitrogens with one attached hydrogen (secondary N) is 2. The third kappa shape index (κ3) is 2.16. The van der Waals surface area contributed by atoms with Gasteiger partial charge in [0.25, 0.3) is 0 Å². The van der Waals surface area contributed by atoms with Gasteiger partial charge in [0.15, 0.2) is 5.82 Å². The highest BCUT2D eigenvalue weighted by Gasteiger charge is 2.63. The van der Waals surface area contributed by atoms with Gasteiger partial charge in [-0.2, -0.15) is 13.2 Å². The minimum atomic E-state index is -4.30. The first-order valence-electron chi connectivity index (χ1n) is 4.72. The number of rotatable bonds is 3. The number of nitrogen functional groups attached to an aromatic ring is 1. The maximum absolute atomic E-state index is 12.7. The van der Waals surface area contributed by atoms with Crippen LogP contribution in [0.3, 0.4) is 0 Å². The molecular weight excluding hydrogens is 303 g/mol. The fourth-order valence-corrected chi connectivity index (χ4v) is 1.81. The quantitative estimate of drug-likeness (QED) is 0.588. The van der Waals surface area contributed by atoms with E-state index in [0.717, 1.165) is 6.33 Å². The standard InChI is InChI=1S/C8H9BrF3N5/c9-4-5(14-3-15-6(4)17-13)16-7(1-2-7)8(10,11)12/h3H,1-2,13H2,(H2,14,15,16,17). The van der Waals surface area contributed by atoms with E-state index in [9.17, 15) is 13.2 Å². The number of alkyl halides is 3. The lowest BCUT2D eigenvalue weighted by atomic mass is 10.2. The van der Waals surface area contributed by atoms with E-state index in [0.29, 0.717) is 0 Å². The molecule has 1 heterocycles. The van der Waals surface area contributed by atoms with Crippen molar-refractivity contribution < 1.29 is 13.2 Å². The molecule has 4 N–H and O–H groups in total. The van der Waals surface area contributed by atoms with Crippen LogP contribution in [0.15, 0.2) is 10.8 Å². The highest BCUT2D eigenvalue weighted by molar-refractivity contribution is 9.10. The second-order valence-corrected chi connectivity index (χ2v) is 4.53. The van der Waals surface area contributed by atoms with Crippen molar-refractivity contribution in [2.24, 2.45) is 5.84 Å². The molecule has 5 nitrogen and oxygen atoms in total. The Morgan fingerprint density at radius 1 is 1.29 bits per heavy atom. The summed E-state index contributed by atoms with van der Waals surface area (Å²) in [7, 11) is 0. The van der Waals surface area contributed by atoms with Gasteiger partial charge in [-0.05, 0) is 28.8 Å². The molecule has 9 heteroatoms. The molecule has 1 saturated carbocycles. The zero-order valence-corrected chi connectivity index (χ0v) is 10.1. The molecule has 0 aromatic carbocycles. The maximum atomic E-state index is 12.7. The Hall–Kier alpha value is -1.09. The van der Waals surface area contributed by atoms with Gasteiger partial charge < -0.3 is 10.7 Å². The van der Waals surface area contributed by atoms with E-state index >= 15 is 0 Å². The molecular formula is C8H9BrF3N5. The summed E-state index contributed by atoms with van der Waals surface area (Å²) in [4.78, 5) is 7.52. The second-order valence-electron chi connectivity index (χ2n) is 3.73. The largest absolute Gasteiger partial charge is 0.411 e. The van der Waals surface area contributed by atoms with Gasteiger partial charge in [-0.3, -0.25) is 0 Å². The van der Waals surface area contributed by atoms with Gasteiger partial charge in [0, 0.05) is 0 Å². The molecule has 0 atom stereocenters. The zero-order chi connectivity index (χ0) is 12.7. The van der Waals surface area contributed by atoms with Crippen LogP contribution < -0.4 is 16.6 Å². The van der Waals surface area contributed by atoms with E-state index in [4.69, 9.17) is 5.84 Å². The van der Waals surface area contributed by atoms with Crippen molar-refractivity contribution in [2.45, 2.75) is 24.6 Å². The molecule has 17 heavy (non-hydrogen) atoms. The van der Waals surface area contributed by atoms with Crippen molar-refractivity contribution in [3.05, 3.63) is 10.8 Å². The predicted octanol–water partition coefficient (Wildman–Crippen LogP) is 2.03. The minimum Gasteiger partial charge on any atom is -0.355 e. The van der Waals surface area contributed by atoms with Gasteiger partial charge >= 0.3 is 6.18 Å². The first-order chi connectivity index (χ1) is 7.89. The third-order valence-electron chi connectivity index (χ3n) is 2.58. The van der Waals surface area contributed by atoms with Crippen LogP contribution in [0.2, 0.25) is 0 Å². The van der Waals surface area contributed by atoms with Crippen molar-refractivity contribution in [3.8, 4) is 0 Å². The number of aromatic nitrogens is 2. The smallest absolute Gasteiger partial charge is 0.355 e. The zero-order valence-electron chi connectivity index (χ0n) is 8.48. The number of hydrogen-bond acceptors (Lipinski definition) is 5. The molecule has 94 valence electrons. The van der Waals surface area contributed by atoms with E-state index in [1.165, 1.54) is 0 Å². The van der Waals surface area contributed by atoms with Gasteiger partial charge in [0.2, 0.25) is 0 Å². The molecule has 0 saturated heterocycles. The highest BCUT2D eigenvalue weighted by atomic mass is 79.9. The summed E-state index contributed by atoms with van der Waals surface area (Å²) < 4.78 is 38.5. The van der Waals surface area contributed by atoms with Gasteiger partial charge in [0.1, 0.15) is 22.2 Å². The number of nitrogens with zero attached hydrogens (tertiary/aromatic N) is 2. The normalized spacial score (nSPS) is 17.7. The average molecular weight is 312 g/mol. The summed E-state index contributed by atoms with van der Waals surface area (Å²) in [6, 6.07) is 0. The minimum absolute atomic E-state index is 0.0400. The van der Waals surface area contributed by atoms with Crippen LogP contribution in [0.1, 0.15) is 12.8 Å². The molecule has 1 aromatic heterocycles. The molecule has 1 aromatic rings. The number of halogens is 4. The molecule has 0 radical (unpaired) electrons. The summed E-state index contributed by atoms with van der Waals surface area (Å²) in [5.41, 5.74) is 0.396. The Morgan fingerprint density at radius 2 is 1.88 bits per heavy atom. The average Bonchev–Trinajstić information content (AvgIpc) is 3.01. The Balaban J connectivity index is 2.26. The van der Waals surface area contributed by atoms with E-state index in [-0.39, 0.29) is 29.0 Å². The molecule has 2 rings (SSSR count). The molecule has 1 aliphatic carbocycles. The lowest BCUT2D eigenvalue weighted by Crippen LogP contribution is -2.39. The van der Waals surface area contributed by atoms with Crippen molar-refractivity contribution in [3.63, 3.8) is 0 Å². The second kappa shape index (κ2) is 3.98. The molecule has 1 fully saturated rings. The Morgan fingerprint density at radius 3 is 2.35 bits per heavy atom. The fraction of sp³-hybridized carbons (Fsp3) is 0.500. The van der Waals surface area contributed by atoms with Crippen LogP contribution in [0.5, 0.6) is 0 Å². The van der Waals surface area contributed by atoms with Crippen molar-refractivity contribution in [2.75, 3.05) is 10.7 Å².